The second-order valence-electron chi connectivity index (χ2n) is 6.29. The molecule has 2 rings (SSSR count). The number of cyclic esters (lactones) is 1. The average Bonchev–Trinajstić information content (AvgIpc) is 3.02. The van der Waals surface area contributed by atoms with E-state index in [-0.39, 0.29) is 5.97 Å². The summed E-state index contributed by atoms with van der Waals surface area (Å²) in [4.78, 5) is 11.7. The van der Waals surface area contributed by atoms with E-state index in [2.05, 4.69) is 32.9 Å². The van der Waals surface area contributed by atoms with Crippen molar-refractivity contribution in [2.24, 2.45) is 0 Å². The average molecular weight is 369 g/mol. The van der Waals surface area contributed by atoms with Crippen molar-refractivity contribution in [1.29, 1.82) is 0 Å². The van der Waals surface area contributed by atoms with Crippen molar-refractivity contribution in [3.8, 4) is 0 Å². The van der Waals surface area contributed by atoms with E-state index in [1.54, 1.807) is 0 Å². The first-order valence-corrected chi connectivity index (χ1v) is 11.8. The molecule has 0 aromatic heterocycles. The maximum atomic E-state index is 11.7. The Hall–Kier alpha value is -2.17. The van der Waals surface area contributed by atoms with Crippen LogP contribution in [0, 0.1) is 0 Å². The Bertz CT molecular complexity index is 689. The molecule has 0 N–H and O–H groups in total. The third kappa shape index (κ3) is 5.68. The minimum atomic E-state index is -1.83. The molecule has 1 atom stereocenters. The van der Waals surface area contributed by atoms with Crippen LogP contribution in [0.5, 0.6) is 0 Å². The maximum Gasteiger partial charge on any atom is 0.333 e. The van der Waals surface area contributed by atoms with Crippen LogP contribution in [-0.4, -0.2) is 20.6 Å². The van der Waals surface area contributed by atoms with Gasteiger partial charge in [0.15, 0.2) is 8.32 Å². The molecule has 26 heavy (non-hydrogen) atoms. The molecule has 1 aliphatic heterocycles. The summed E-state index contributed by atoms with van der Waals surface area (Å²) in [7, 11) is -1.83. The van der Waals surface area contributed by atoms with Crippen molar-refractivity contribution in [3.05, 3.63) is 77.9 Å². The van der Waals surface area contributed by atoms with E-state index in [1.165, 1.54) is 6.08 Å². The Morgan fingerprint density at radius 1 is 0.962 bits per heavy atom. The quantitative estimate of drug-likeness (QED) is 0.321. The number of carbonyl (C=O) groups is 1. The minimum absolute atomic E-state index is 0.325. The summed E-state index contributed by atoms with van der Waals surface area (Å²) in [5.41, 5.74) is 1.95. The number of carbonyl (C=O) groups excluding carboxylic acids is 1. The summed E-state index contributed by atoms with van der Waals surface area (Å²) in [6.07, 6.45) is 12.7. The van der Waals surface area contributed by atoms with Crippen molar-refractivity contribution in [3.63, 3.8) is 0 Å². The Morgan fingerprint density at radius 3 is 2.19 bits per heavy atom. The second kappa shape index (κ2) is 10.1. The van der Waals surface area contributed by atoms with Crippen LogP contribution in [0.1, 0.15) is 26.3 Å². The lowest BCUT2D eigenvalue weighted by atomic mass is 10.2. The van der Waals surface area contributed by atoms with Gasteiger partial charge in [-0.2, -0.15) is 0 Å². The zero-order chi connectivity index (χ0) is 18.8. The van der Waals surface area contributed by atoms with Gasteiger partial charge in [0.05, 0.1) is 0 Å². The van der Waals surface area contributed by atoms with Gasteiger partial charge >= 0.3 is 5.97 Å². The summed E-state index contributed by atoms with van der Waals surface area (Å²) in [6.45, 7) is 6.49. The predicted octanol–water partition coefficient (Wildman–Crippen LogP) is 5.64. The number of esters is 1. The van der Waals surface area contributed by atoms with E-state index < -0.39 is 14.6 Å². The summed E-state index contributed by atoms with van der Waals surface area (Å²) in [6, 6.07) is 13.2. The Labute approximate surface area is 157 Å². The van der Waals surface area contributed by atoms with E-state index in [4.69, 9.17) is 9.16 Å². The van der Waals surface area contributed by atoms with Gasteiger partial charge in [0.1, 0.15) is 0 Å². The van der Waals surface area contributed by atoms with Gasteiger partial charge < -0.3 is 9.16 Å². The van der Waals surface area contributed by atoms with Crippen molar-refractivity contribution in [1.82, 2.24) is 0 Å². The first kappa shape index (κ1) is 20.1. The monoisotopic (exact) mass is 368 g/mol. The van der Waals surface area contributed by atoms with E-state index in [0.717, 1.165) is 29.3 Å². The SMILES string of the molecule is CC[Si](CC)(CC)OC1OC(=O)C=C1/C=C/C=C/C=C/c1ccccc1. The predicted molar refractivity (Wildman–Crippen MR) is 110 cm³/mol. The highest BCUT2D eigenvalue weighted by atomic mass is 28.4. The third-order valence-corrected chi connectivity index (χ3v) is 9.36. The Morgan fingerprint density at radius 2 is 1.58 bits per heavy atom. The first-order valence-electron chi connectivity index (χ1n) is 9.29. The molecule has 1 unspecified atom stereocenters. The van der Waals surface area contributed by atoms with Crippen LogP contribution in [0.3, 0.4) is 0 Å². The van der Waals surface area contributed by atoms with Crippen LogP contribution in [0.25, 0.3) is 6.08 Å². The summed E-state index contributed by atoms with van der Waals surface area (Å²) < 4.78 is 11.7. The molecule has 0 bridgehead atoms. The van der Waals surface area contributed by atoms with Crippen LogP contribution in [-0.2, 0) is 14.0 Å². The molecule has 0 aliphatic carbocycles. The molecule has 1 heterocycles. The largest absolute Gasteiger partial charge is 0.429 e. The smallest absolute Gasteiger partial charge is 0.333 e. The minimum Gasteiger partial charge on any atom is -0.429 e. The van der Waals surface area contributed by atoms with Crippen LogP contribution >= 0.6 is 0 Å². The molecular weight excluding hydrogens is 340 g/mol. The topological polar surface area (TPSA) is 35.5 Å². The molecule has 0 saturated carbocycles. The molecule has 0 radical (unpaired) electrons. The van der Waals surface area contributed by atoms with E-state index in [0.29, 0.717) is 0 Å². The van der Waals surface area contributed by atoms with E-state index in [9.17, 15) is 4.79 Å². The number of hydrogen-bond donors (Lipinski definition) is 0. The molecule has 0 saturated heterocycles. The van der Waals surface area contributed by atoms with Gasteiger partial charge in [-0.25, -0.2) is 4.79 Å². The second-order valence-corrected chi connectivity index (χ2v) is 11.0. The van der Waals surface area contributed by atoms with Gasteiger partial charge in [-0.1, -0.05) is 87.6 Å². The van der Waals surface area contributed by atoms with Gasteiger partial charge in [-0.15, -0.1) is 0 Å². The molecule has 0 amide bonds. The Kier molecular flexibility index (Phi) is 7.82. The van der Waals surface area contributed by atoms with E-state index >= 15 is 0 Å². The maximum absolute atomic E-state index is 11.7. The van der Waals surface area contributed by atoms with Crippen LogP contribution in [0.4, 0.5) is 0 Å². The van der Waals surface area contributed by atoms with Gasteiger partial charge in [0.2, 0.25) is 6.29 Å². The zero-order valence-corrected chi connectivity index (χ0v) is 16.9. The molecule has 1 aliphatic rings. The highest BCUT2D eigenvalue weighted by Gasteiger charge is 2.36. The molecule has 1 aromatic carbocycles. The van der Waals surface area contributed by atoms with Crippen LogP contribution < -0.4 is 0 Å². The lowest BCUT2D eigenvalue weighted by Crippen LogP contribution is -2.40. The fraction of sp³-hybridized carbons (Fsp3) is 0.318. The Balaban J connectivity index is 1.96. The number of hydrogen-bond acceptors (Lipinski definition) is 3. The van der Waals surface area contributed by atoms with Crippen LogP contribution in [0.15, 0.2) is 72.4 Å². The molecular formula is C22H28O3Si. The van der Waals surface area contributed by atoms with Gasteiger partial charge in [-0.05, 0) is 23.7 Å². The van der Waals surface area contributed by atoms with Gasteiger partial charge in [-0.3, -0.25) is 0 Å². The van der Waals surface area contributed by atoms with Crippen LogP contribution in [0.2, 0.25) is 18.1 Å². The highest BCUT2D eigenvalue weighted by molar-refractivity contribution is 6.73. The fourth-order valence-electron chi connectivity index (χ4n) is 2.88. The molecule has 0 spiro atoms. The third-order valence-electron chi connectivity index (χ3n) is 4.78. The molecule has 4 heteroatoms. The van der Waals surface area contributed by atoms with E-state index in [1.807, 2.05) is 54.7 Å². The lowest BCUT2D eigenvalue weighted by Gasteiger charge is -2.31. The number of rotatable bonds is 9. The lowest BCUT2D eigenvalue weighted by molar-refractivity contribution is -0.149. The normalized spacial score (nSPS) is 18.2. The van der Waals surface area contributed by atoms with Crippen molar-refractivity contribution in [2.45, 2.75) is 45.2 Å². The molecule has 0 fully saturated rings. The summed E-state index contributed by atoms with van der Waals surface area (Å²) >= 11 is 0. The number of ether oxygens (including phenoxy) is 1. The fourth-order valence-corrected chi connectivity index (χ4v) is 5.52. The van der Waals surface area contributed by atoms with Gasteiger partial charge in [0.25, 0.3) is 0 Å². The summed E-state index contributed by atoms with van der Waals surface area (Å²) in [5, 5.41) is 0. The number of benzene rings is 1. The standard InChI is InChI=1S/C22H28O3Si/c1-4-26(5-2,6-3)25-22-20(18-21(23)24-22)17-13-8-7-10-14-19-15-11-9-12-16-19/h7-18,22H,4-6H2,1-3H3/b8-7+,14-10+,17-13+. The number of allylic oxidation sites excluding steroid dienone is 4. The van der Waals surface area contributed by atoms with Crippen molar-refractivity contribution >= 4 is 20.4 Å². The summed E-state index contributed by atoms with van der Waals surface area (Å²) in [5.74, 6) is -0.325. The van der Waals surface area contributed by atoms with Crippen molar-refractivity contribution in [2.75, 3.05) is 0 Å². The molecule has 138 valence electrons. The molecule has 1 aromatic rings. The zero-order valence-electron chi connectivity index (χ0n) is 15.9. The highest BCUT2D eigenvalue weighted by Crippen LogP contribution is 2.28. The first-order chi connectivity index (χ1) is 12.6. The van der Waals surface area contributed by atoms with Crippen molar-refractivity contribution < 1.29 is 14.0 Å². The molecule has 3 nitrogen and oxygen atoms in total. The van der Waals surface area contributed by atoms with Gasteiger partial charge in [0, 0.05) is 11.6 Å².